The van der Waals surface area contributed by atoms with Crippen LogP contribution in [0.5, 0.6) is 5.75 Å². The minimum absolute atomic E-state index is 0.0543. The van der Waals surface area contributed by atoms with Crippen LogP contribution in [0.2, 0.25) is 0 Å². The first kappa shape index (κ1) is 12.9. The third-order valence-electron chi connectivity index (χ3n) is 3.18. The van der Waals surface area contributed by atoms with Gasteiger partial charge in [-0.15, -0.1) is 0 Å². The highest BCUT2D eigenvalue weighted by molar-refractivity contribution is 6.11. The highest BCUT2D eigenvalue weighted by Gasteiger charge is 2.15. The van der Waals surface area contributed by atoms with Crippen molar-refractivity contribution in [2.24, 2.45) is 0 Å². The van der Waals surface area contributed by atoms with Crippen molar-refractivity contribution in [1.82, 2.24) is 9.97 Å². The summed E-state index contributed by atoms with van der Waals surface area (Å²) < 4.78 is 0. The van der Waals surface area contributed by atoms with Crippen molar-refractivity contribution in [2.75, 3.05) is 0 Å². The van der Waals surface area contributed by atoms with Gasteiger partial charge in [-0.1, -0.05) is 12.1 Å². The van der Waals surface area contributed by atoms with Gasteiger partial charge < -0.3 is 15.1 Å². The third-order valence-corrected chi connectivity index (χ3v) is 3.18. The number of carbonyl (C=O) groups excluding carboxylic acids is 1. The van der Waals surface area contributed by atoms with Crippen molar-refractivity contribution >= 4 is 5.78 Å². The van der Waals surface area contributed by atoms with Crippen LogP contribution in [0, 0.1) is 0 Å². The molecule has 0 spiro atoms. The van der Waals surface area contributed by atoms with Gasteiger partial charge in [-0.2, -0.15) is 0 Å². The lowest BCUT2D eigenvalue weighted by Gasteiger charge is -2.00. The Morgan fingerprint density at radius 3 is 2.62 bits per heavy atom. The molecule has 5 nitrogen and oxygen atoms in total. The Hall–Kier alpha value is -3.08. The third kappa shape index (κ3) is 2.49. The Morgan fingerprint density at radius 1 is 1.05 bits per heavy atom. The first-order valence-corrected chi connectivity index (χ1v) is 6.35. The number of benzene rings is 1. The SMILES string of the molecule is O=C(c1c[nH]c(-c2cc[nH]c(=O)c2)c1)c1ccccc1O. The van der Waals surface area contributed by atoms with Crippen LogP contribution < -0.4 is 5.56 Å². The van der Waals surface area contributed by atoms with Crippen LogP contribution in [-0.2, 0) is 0 Å². The van der Waals surface area contributed by atoms with Gasteiger partial charge >= 0.3 is 0 Å². The fraction of sp³-hybridized carbons (Fsp3) is 0. The molecule has 0 atom stereocenters. The Morgan fingerprint density at radius 2 is 1.86 bits per heavy atom. The zero-order valence-electron chi connectivity index (χ0n) is 11.0. The van der Waals surface area contributed by atoms with Crippen molar-refractivity contribution in [2.45, 2.75) is 0 Å². The number of para-hydroxylation sites is 1. The molecular weight excluding hydrogens is 268 g/mol. The summed E-state index contributed by atoms with van der Waals surface area (Å²) in [6.07, 6.45) is 3.11. The number of hydrogen-bond donors (Lipinski definition) is 3. The van der Waals surface area contributed by atoms with E-state index in [1.807, 2.05) is 0 Å². The van der Waals surface area contributed by atoms with E-state index < -0.39 is 0 Å². The lowest BCUT2D eigenvalue weighted by molar-refractivity contribution is 0.103. The van der Waals surface area contributed by atoms with E-state index in [0.29, 0.717) is 16.8 Å². The molecule has 0 amide bonds. The average Bonchev–Trinajstić information content (AvgIpc) is 2.97. The number of nitrogens with one attached hydrogen (secondary N) is 2. The number of aromatic hydroxyl groups is 1. The maximum Gasteiger partial charge on any atom is 0.248 e. The number of rotatable bonds is 3. The number of ketones is 1. The molecule has 21 heavy (non-hydrogen) atoms. The van der Waals surface area contributed by atoms with Crippen molar-refractivity contribution in [3.05, 3.63) is 76.3 Å². The van der Waals surface area contributed by atoms with Crippen LogP contribution in [-0.4, -0.2) is 20.9 Å². The second-order valence-electron chi connectivity index (χ2n) is 4.59. The molecule has 0 bridgehead atoms. The van der Waals surface area contributed by atoms with E-state index in [-0.39, 0.29) is 22.7 Å². The number of phenolic OH excluding ortho intramolecular Hbond substituents is 1. The number of hydrogen-bond acceptors (Lipinski definition) is 3. The Bertz CT molecular complexity index is 861. The number of aromatic amines is 2. The van der Waals surface area contributed by atoms with Crippen molar-refractivity contribution in [3.63, 3.8) is 0 Å². The molecule has 0 fully saturated rings. The summed E-state index contributed by atoms with van der Waals surface area (Å²) in [5.41, 5.74) is 1.81. The minimum atomic E-state index is -0.277. The van der Waals surface area contributed by atoms with Gasteiger partial charge in [0.15, 0.2) is 5.78 Å². The maximum atomic E-state index is 12.3. The molecule has 3 N–H and O–H groups in total. The fourth-order valence-electron chi connectivity index (χ4n) is 2.13. The molecule has 0 aliphatic carbocycles. The molecule has 104 valence electrons. The molecule has 0 saturated heterocycles. The van der Waals surface area contributed by atoms with E-state index in [1.54, 1.807) is 42.7 Å². The van der Waals surface area contributed by atoms with E-state index >= 15 is 0 Å². The Labute approximate surface area is 119 Å². The molecule has 0 saturated carbocycles. The first-order valence-electron chi connectivity index (χ1n) is 6.35. The number of pyridine rings is 1. The van der Waals surface area contributed by atoms with Gasteiger partial charge in [0.1, 0.15) is 5.75 Å². The second-order valence-corrected chi connectivity index (χ2v) is 4.59. The van der Waals surface area contributed by atoms with Crippen molar-refractivity contribution < 1.29 is 9.90 Å². The summed E-state index contributed by atoms with van der Waals surface area (Å²) in [6, 6.07) is 11.2. The fourth-order valence-corrected chi connectivity index (χ4v) is 2.13. The van der Waals surface area contributed by atoms with Crippen molar-refractivity contribution in [1.29, 1.82) is 0 Å². The highest BCUT2D eigenvalue weighted by Crippen LogP contribution is 2.23. The van der Waals surface area contributed by atoms with E-state index in [2.05, 4.69) is 9.97 Å². The van der Waals surface area contributed by atoms with E-state index in [1.165, 1.54) is 12.1 Å². The normalized spacial score (nSPS) is 10.5. The van der Waals surface area contributed by atoms with Crippen LogP contribution >= 0.6 is 0 Å². The van der Waals surface area contributed by atoms with Gasteiger partial charge in [0.25, 0.3) is 0 Å². The zero-order valence-corrected chi connectivity index (χ0v) is 11.0. The molecule has 0 radical (unpaired) electrons. The minimum Gasteiger partial charge on any atom is -0.507 e. The topological polar surface area (TPSA) is 86.0 Å². The van der Waals surface area contributed by atoms with Crippen molar-refractivity contribution in [3.8, 4) is 17.0 Å². The molecule has 0 aliphatic heterocycles. The molecule has 3 rings (SSSR count). The molecule has 0 aliphatic rings. The number of aromatic nitrogens is 2. The van der Waals surface area contributed by atoms with Gasteiger partial charge in [0, 0.05) is 35.3 Å². The van der Waals surface area contributed by atoms with Gasteiger partial charge in [-0.3, -0.25) is 9.59 Å². The summed E-state index contributed by atoms with van der Waals surface area (Å²) in [7, 11) is 0. The average molecular weight is 280 g/mol. The van der Waals surface area contributed by atoms with Gasteiger partial charge in [0.05, 0.1) is 5.56 Å². The highest BCUT2D eigenvalue weighted by atomic mass is 16.3. The summed E-state index contributed by atoms with van der Waals surface area (Å²) >= 11 is 0. The second kappa shape index (κ2) is 5.13. The molecule has 1 aromatic carbocycles. The Kier molecular flexibility index (Phi) is 3.16. The monoisotopic (exact) mass is 280 g/mol. The zero-order chi connectivity index (χ0) is 14.8. The quantitative estimate of drug-likeness (QED) is 0.643. The van der Waals surface area contributed by atoms with E-state index in [9.17, 15) is 14.7 Å². The standard InChI is InChI=1S/C16H12N2O3/c19-14-4-2-1-3-12(14)16(21)11-7-13(18-9-11)10-5-6-17-15(20)8-10/h1-9,18-19H,(H,17,20). The smallest absolute Gasteiger partial charge is 0.248 e. The van der Waals surface area contributed by atoms with Crippen LogP contribution in [0.4, 0.5) is 0 Å². The molecule has 0 unspecified atom stereocenters. The lowest BCUT2D eigenvalue weighted by atomic mass is 10.0. The summed E-state index contributed by atoms with van der Waals surface area (Å²) in [5, 5.41) is 9.73. The number of H-pyrrole nitrogens is 2. The number of phenols is 1. The van der Waals surface area contributed by atoms with E-state index in [4.69, 9.17) is 0 Å². The van der Waals surface area contributed by atoms with Crippen LogP contribution in [0.25, 0.3) is 11.3 Å². The number of carbonyl (C=O) groups is 1. The summed E-state index contributed by atoms with van der Waals surface area (Å²) in [6.45, 7) is 0. The predicted octanol–water partition coefficient (Wildman–Crippen LogP) is 2.31. The maximum absolute atomic E-state index is 12.3. The molecule has 3 aromatic rings. The van der Waals surface area contributed by atoms with Crippen LogP contribution in [0.1, 0.15) is 15.9 Å². The largest absolute Gasteiger partial charge is 0.507 e. The summed E-state index contributed by atoms with van der Waals surface area (Å²) in [5.74, 6) is -0.332. The Balaban J connectivity index is 1.97. The van der Waals surface area contributed by atoms with E-state index in [0.717, 1.165) is 0 Å². The first-order chi connectivity index (χ1) is 10.1. The molecular formula is C16H12N2O3. The molecule has 5 heteroatoms. The van der Waals surface area contributed by atoms with Crippen LogP contribution in [0.15, 0.2) is 59.7 Å². The van der Waals surface area contributed by atoms with Gasteiger partial charge in [-0.05, 0) is 24.3 Å². The predicted molar refractivity (Wildman–Crippen MR) is 78.4 cm³/mol. The van der Waals surface area contributed by atoms with Crippen LogP contribution in [0.3, 0.4) is 0 Å². The summed E-state index contributed by atoms with van der Waals surface area (Å²) in [4.78, 5) is 29.1. The molecule has 2 heterocycles. The lowest BCUT2D eigenvalue weighted by Crippen LogP contribution is -2.02. The molecule has 2 aromatic heterocycles. The van der Waals surface area contributed by atoms with Gasteiger partial charge in [-0.25, -0.2) is 0 Å². The van der Waals surface area contributed by atoms with Gasteiger partial charge in [0.2, 0.25) is 5.56 Å².